The molecule has 2 atom stereocenters. The second-order valence-corrected chi connectivity index (χ2v) is 6.86. The van der Waals surface area contributed by atoms with E-state index < -0.39 is 0 Å². The van der Waals surface area contributed by atoms with Crippen LogP contribution in [0.5, 0.6) is 0 Å². The van der Waals surface area contributed by atoms with Crippen molar-refractivity contribution in [1.29, 1.82) is 0 Å². The molecule has 0 aromatic rings. The molecule has 1 saturated carbocycles. The summed E-state index contributed by atoms with van der Waals surface area (Å²) in [5.74, 6) is 2.42. The number of rotatable bonds is 2. The maximum absolute atomic E-state index is 6.37. The molecular formula is C14H28N2. The van der Waals surface area contributed by atoms with Gasteiger partial charge in [-0.15, -0.1) is 0 Å². The van der Waals surface area contributed by atoms with Crippen molar-refractivity contribution >= 4 is 0 Å². The zero-order chi connectivity index (χ0) is 11.9. The first-order chi connectivity index (χ1) is 7.40. The molecule has 0 aromatic carbocycles. The molecule has 16 heavy (non-hydrogen) atoms. The predicted octanol–water partition coefficient (Wildman–Crippen LogP) is 2.48. The monoisotopic (exact) mass is 224 g/mol. The Morgan fingerprint density at radius 1 is 1.06 bits per heavy atom. The van der Waals surface area contributed by atoms with Crippen molar-refractivity contribution in [3.8, 4) is 0 Å². The second-order valence-electron chi connectivity index (χ2n) is 6.86. The highest BCUT2D eigenvalue weighted by Gasteiger charge is 2.45. The van der Waals surface area contributed by atoms with E-state index in [1.807, 2.05) is 0 Å². The molecule has 2 aliphatic rings. The van der Waals surface area contributed by atoms with E-state index in [0.29, 0.717) is 5.92 Å². The Balaban J connectivity index is 1.87. The molecule has 1 heterocycles. The van der Waals surface area contributed by atoms with Crippen LogP contribution in [0, 0.1) is 17.8 Å². The summed E-state index contributed by atoms with van der Waals surface area (Å²) in [6.07, 6.45) is 4.19. The van der Waals surface area contributed by atoms with Crippen molar-refractivity contribution in [2.75, 3.05) is 13.1 Å². The van der Waals surface area contributed by atoms with Gasteiger partial charge in [0.15, 0.2) is 0 Å². The second kappa shape index (κ2) is 4.30. The van der Waals surface area contributed by atoms with Gasteiger partial charge in [0.25, 0.3) is 0 Å². The molecule has 94 valence electrons. The van der Waals surface area contributed by atoms with Crippen molar-refractivity contribution in [1.82, 2.24) is 4.90 Å². The number of hydrogen-bond acceptors (Lipinski definition) is 2. The third-order valence-electron chi connectivity index (χ3n) is 4.81. The van der Waals surface area contributed by atoms with Crippen molar-refractivity contribution in [2.45, 2.75) is 58.5 Å². The van der Waals surface area contributed by atoms with E-state index in [2.05, 4.69) is 32.6 Å². The quantitative estimate of drug-likeness (QED) is 0.781. The van der Waals surface area contributed by atoms with Gasteiger partial charge in [-0.25, -0.2) is 0 Å². The standard InChI is InChI=1S/C14H28N2/c1-10(2)14(15)8-16(9-14)13-6-11(3)5-12(4)7-13/h10-13H,5-9,15H2,1-4H3. The van der Waals surface area contributed by atoms with Gasteiger partial charge in [0, 0.05) is 24.7 Å². The molecule has 2 nitrogen and oxygen atoms in total. The van der Waals surface area contributed by atoms with Crippen molar-refractivity contribution < 1.29 is 0 Å². The normalized spacial score (nSPS) is 39.8. The van der Waals surface area contributed by atoms with Gasteiger partial charge in [0.2, 0.25) is 0 Å². The highest BCUT2D eigenvalue weighted by atomic mass is 15.3. The molecule has 1 aliphatic carbocycles. The zero-order valence-corrected chi connectivity index (χ0v) is 11.4. The molecule has 1 aliphatic heterocycles. The van der Waals surface area contributed by atoms with Crippen LogP contribution in [0.3, 0.4) is 0 Å². The van der Waals surface area contributed by atoms with Crippen molar-refractivity contribution in [2.24, 2.45) is 23.5 Å². The number of nitrogens with two attached hydrogens (primary N) is 1. The van der Waals surface area contributed by atoms with Gasteiger partial charge in [0.05, 0.1) is 0 Å². The molecule has 0 radical (unpaired) electrons. The van der Waals surface area contributed by atoms with Crippen LogP contribution in [-0.2, 0) is 0 Å². The van der Waals surface area contributed by atoms with Gasteiger partial charge in [-0.3, -0.25) is 4.90 Å². The summed E-state index contributed by atoms with van der Waals surface area (Å²) in [5, 5.41) is 0. The first-order valence-corrected chi connectivity index (χ1v) is 6.93. The summed E-state index contributed by atoms with van der Waals surface area (Å²) in [6, 6.07) is 0.814. The van der Waals surface area contributed by atoms with Crippen LogP contribution < -0.4 is 5.73 Å². The fourth-order valence-electron chi connectivity index (χ4n) is 3.54. The molecule has 1 saturated heterocycles. The average molecular weight is 224 g/mol. The Kier molecular flexibility index (Phi) is 3.33. The SMILES string of the molecule is CC1CC(C)CC(N2CC(N)(C(C)C)C2)C1. The van der Waals surface area contributed by atoms with Gasteiger partial charge in [-0.05, 0) is 37.0 Å². The summed E-state index contributed by atoms with van der Waals surface area (Å²) in [4.78, 5) is 2.63. The molecular weight excluding hydrogens is 196 g/mol. The Labute approximate surface area is 101 Å². The fourth-order valence-corrected chi connectivity index (χ4v) is 3.54. The lowest BCUT2D eigenvalue weighted by Crippen LogP contribution is -2.72. The fraction of sp³-hybridized carbons (Fsp3) is 1.00. The minimum atomic E-state index is 0.101. The molecule has 0 amide bonds. The Morgan fingerprint density at radius 2 is 1.56 bits per heavy atom. The van der Waals surface area contributed by atoms with Crippen LogP contribution in [0.1, 0.15) is 47.0 Å². The molecule has 0 aromatic heterocycles. The van der Waals surface area contributed by atoms with E-state index in [1.54, 1.807) is 0 Å². The lowest BCUT2D eigenvalue weighted by Gasteiger charge is -2.55. The van der Waals surface area contributed by atoms with Crippen LogP contribution in [0.15, 0.2) is 0 Å². The summed E-state index contributed by atoms with van der Waals surface area (Å²) in [7, 11) is 0. The molecule has 0 bridgehead atoms. The number of hydrogen-bond donors (Lipinski definition) is 1. The lowest BCUT2D eigenvalue weighted by atomic mass is 9.74. The maximum atomic E-state index is 6.37. The van der Waals surface area contributed by atoms with Crippen LogP contribution in [0.25, 0.3) is 0 Å². The maximum Gasteiger partial charge on any atom is 0.0435 e. The van der Waals surface area contributed by atoms with Crippen LogP contribution in [-0.4, -0.2) is 29.6 Å². The number of likely N-dealkylation sites (tertiary alicyclic amines) is 1. The third-order valence-corrected chi connectivity index (χ3v) is 4.81. The average Bonchev–Trinajstić information content (AvgIpc) is 2.10. The summed E-state index contributed by atoms with van der Waals surface area (Å²) in [5.41, 5.74) is 6.47. The molecule has 2 heteroatoms. The third kappa shape index (κ3) is 2.28. The molecule has 2 N–H and O–H groups in total. The topological polar surface area (TPSA) is 29.3 Å². The zero-order valence-electron chi connectivity index (χ0n) is 11.4. The van der Waals surface area contributed by atoms with Crippen LogP contribution in [0.4, 0.5) is 0 Å². The van der Waals surface area contributed by atoms with E-state index in [-0.39, 0.29) is 5.54 Å². The van der Waals surface area contributed by atoms with Crippen molar-refractivity contribution in [3.05, 3.63) is 0 Å². The smallest absolute Gasteiger partial charge is 0.0435 e. The Hall–Kier alpha value is -0.0800. The highest BCUT2D eigenvalue weighted by molar-refractivity contribution is 5.04. The van der Waals surface area contributed by atoms with Gasteiger partial charge < -0.3 is 5.73 Å². The predicted molar refractivity (Wildman–Crippen MR) is 69.3 cm³/mol. The molecule has 2 unspecified atom stereocenters. The first-order valence-electron chi connectivity index (χ1n) is 6.93. The van der Waals surface area contributed by atoms with Crippen molar-refractivity contribution in [3.63, 3.8) is 0 Å². The van der Waals surface area contributed by atoms with E-state index in [0.717, 1.165) is 31.0 Å². The minimum absolute atomic E-state index is 0.101. The summed E-state index contributed by atoms with van der Waals surface area (Å²) >= 11 is 0. The van der Waals surface area contributed by atoms with Gasteiger partial charge in [0.1, 0.15) is 0 Å². The summed E-state index contributed by atoms with van der Waals surface area (Å²) in [6.45, 7) is 11.6. The van der Waals surface area contributed by atoms with E-state index >= 15 is 0 Å². The van der Waals surface area contributed by atoms with Gasteiger partial charge in [-0.1, -0.05) is 27.7 Å². The Bertz CT molecular complexity index is 233. The lowest BCUT2D eigenvalue weighted by molar-refractivity contribution is -0.0227. The molecule has 2 rings (SSSR count). The van der Waals surface area contributed by atoms with Gasteiger partial charge >= 0.3 is 0 Å². The molecule has 2 fully saturated rings. The largest absolute Gasteiger partial charge is 0.323 e. The van der Waals surface area contributed by atoms with Crippen LogP contribution in [0.2, 0.25) is 0 Å². The number of nitrogens with zero attached hydrogens (tertiary/aromatic N) is 1. The minimum Gasteiger partial charge on any atom is -0.323 e. The summed E-state index contributed by atoms with van der Waals surface area (Å²) < 4.78 is 0. The van der Waals surface area contributed by atoms with Gasteiger partial charge in [-0.2, -0.15) is 0 Å². The first kappa shape index (κ1) is 12.4. The highest BCUT2D eigenvalue weighted by Crippen LogP contribution is 2.36. The van der Waals surface area contributed by atoms with E-state index in [9.17, 15) is 0 Å². The van der Waals surface area contributed by atoms with E-state index in [4.69, 9.17) is 5.73 Å². The molecule has 0 spiro atoms. The van der Waals surface area contributed by atoms with E-state index in [1.165, 1.54) is 19.3 Å². The Morgan fingerprint density at radius 3 is 2.00 bits per heavy atom. The van der Waals surface area contributed by atoms with Crippen LogP contribution >= 0.6 is 0 Å².